The van der Waals surface area contributed by atoms with Crippen molar-refractivity contribution < 1.29 is 24.3 Å². The highest BCUT2D eigenvalue weighted by molar-refractivity contribution is 7.51. The molecule has 0 fully saturated rings. The molecule has 0 saturated carbocycles. The molecule has 0 aromatic carbocycles. The first-order chi connectivity index (χ1) is 8.24. The third-order valence-electron chi connectivity index (χ3n) is 1.17. The number of carboxylic acids is 1. The minimum absolute atomic E-state index is 0.439. The second-order valence-corrected chi connectivity index (χ2v) is 4.87. The Balaban J connectivity index is -0.000000233. The molecule has 0 atom stereocenters. The summed E-state index contributed by atoms with van der Waals surface area (Å²) in [6.07, 6.45) is 1.60. The summed E-state index contributed by atoms with van der Waals surface area (Å²) >= 11 is 0. The maximum Gasteiger partial charge on any atom is 0.339 e. The Labute approximate surface area is 108 Å². The van der Waals surface area contributed by atoms with Crippen LogP contribution in [0.4, 0.5) is 0 Å². The third kappa shape index (κ3) is 45.1. The highest BCUT2D eigenvalue weighted by Gasteiger charge is 2.11. The molecule has 0 aliphatic rings. The van der Waals surface area contributed by atoms with Gasteiger partial charge in [0.05, 0.1) is 12.8 Å². The van der Waals surface area contributed by atoms with Gasteiger partial charge in [0.2, 0.25) is 0 Å². The van der Waals surface area contributed by atoms with Gasteiger partial charge in [-0.3, -0.25) is 14.7 Å². The lowest BCUT2D eigenvalue weighted by molar-refractivity contribution is -0.135. The van der Waals surface area contributed by atoms with Gasteiger partial charge in [-0.1, -0.05) is 13.8 Å². The fourth-order valence-electron chi connectivity index (χ4n) is 0.308. The van der Waals surface area contributed by atoms with E-state index in [9.17, 15) is 9.36 Å². The van der Waals surface area contributed by atoms with Gasteiger partial charge in [0, 0.05) is 0 Å². The van der Waals surface area contributed by atoms with Crippen molar-refractivity contribution >= 4 is 13.6 Å². The van der Waals surface area contributed by atoms with Crippen LogP contribution in [0.5, 0.6) is 0 Å². The van der Waals surface area contributed by atoms with E-state index in [0.29, 0.717) is 0 Å². The molecule has 8 nitrogen and oxygen atoms in total. The van der Waals surface area contributed by atoms with Gasteiger partial charge in [-0.15, -0.1) is 0 Å². The van der Waals surface area contributed by atoms with Crippen LogP contribution in [0.25, 0.3) is 0 Å². The lowest BCUT2D eigenvalue weighted by Crippen LogP contribution is -2.23. The van der Waals surface area contributed by atoms with Gasteiger partial charge < -0.3 is 26.4 Å². The summed E-state index contributed by atoms with van der Waals surface area (Å²) in [4.78, 5) is 26.1. The first kappa shape index (κ1) is 22.7. The minimum Gasteiger partial charge on any atom is -0.480 e. The summed E-state index contributed by atoms with van der Waals surface area (Å²) in [5.41, 5.74) is 10.1. The van der Waals surface area contributed by atoms with Crippen molar-refractivity contribution in [3.63, 3.8) is 0 Å². The summed E-state index contributed by atoms with van der Waals surface area (Å²) in [7, 11) is -4.10. The summed E-state index contributed by atoms with van der Waals surface area (Å²) in [5.74, 6) is -1.14. The van der Waals surface area contributed by atoms with Gasteiger partial charge in [0.15, 0.2) is 0 Å². The zero-order valence-electron chi connectivity index (χ0n) is 11.0. The van der Waals surface area contributed by atoms with Crippen LogP contribution in [-0.2, 0) is 9.36 Å². The molecule has 9 heteroatoms. The number of nitrogens with one attached hydrogen (secondary N) is 1. The van der Waals surface area contributed by atoms with Gasteiger partial charge in [0.1, 0.15) is 0 Å². The molecule has 0 aromatic heterocycles. The first-order valence-corrected chi connectivity index (χ1v) is 7.42. The predicted octanol–water partition coefficient (Wildman–Crippen LogP) is -0.494. The van der Waals surface area contributed by atoms with Crippen molar-refractivity contribution in [3.8, 4) is 0 Å². The molecule has 0 heterocycles. The van der Waals surface area contributed by atoms with Crippen LogP contribution in [0.3, 0.4) is 0 Å². The molecule has 0 aromatic rings. The molecule has 0 spiro atoms. The van der Waals surface area contributed by atoms with Crippen LogP contribution >= 0.6 is 7.60 Å². The Kier molecular flexibility index (Phi) is 20.8. The number of nitrogens with two attached hydrogens (primary N) is 2. The molecular formula is C9H26N3O5P. The zero-order valence-corrected chi connectivity index (χ0v) is 11.9. The molecule has 0 unspecified atom stereocenters. The molecule has 0 radical (unpaired) electrons. The predicted molar refractivity (Wildman–Crippen MR) is 71.2 cm³/mol. The fraction of sp³-hybridized carbons (Fsp3) is 0.889. The van der Waals surface area contributed by atoms with Crippen LogP contribution < -0.4 is 16.8 Å². The second kappa shape index (κ2) is 16.5. The maximum absolute atomic E-state index is 10.1. The summed E-state index contributed by atoms with van der Waals surface area (Å²) < 4.78 is 10.1. The van der Waals surface area contributed by atoms with Gasteiger partial charge >= 0.3 is 13.6 Å². The Hall–Kier alpha value is -0.500. The van der Waals surface area contributed by atoms with Crippen molar-refractivity contribution in [1.82, 2.24) is 5.32 Å². The lowest BCUT2D eigenvalue weighted by Gasteiger charge is -2.02. The van der Waals surface area contributed by atoms with E-state index in [2.05, 4.69) is 19.2 Å². The van der Waals surface area contributed by atoms with E-state index in [1.54, 1.807) is 0 Å². The Morgan fingerprint density at radius 3 is 1.67 bits per heavy atom. The first-order valence-electron chi connectivity index (χ1n) is 5.62. The van der Waals surface area contributed by atoms with E-state index in [4.69, 9.17) is 26.4 Å². The van der Waals surface area contributed by atoms with Gasteiger partial charge in [-0.05, 0) is 25.9 Å². The average molecular weight is 287 g/mol. The number of hydrogen-bond acceptors (Lipinski definition) is 5. The van der Waals surface area contributed by atoms with Crippen LogP contribution in [0, 0.1) is 0 Å². The second-order valence-electron chi connectivity index (χ2n) is 3.22. The van der Waals surface area contributed by atoms with E-state index in [0.717, 1.165) is 25.9 Å². The van der Waals surface area contributed by atoms with Crippen molar-refractivity contribution in [1.29, 1.82) is 0 Å². The number of hydrogen-bond donors (Lipinski definition) is 6. The summed E-state index contributed by atoms with van der Waals surface area (Å²) in [6, 6.07) is 0. The number of aliphatic carboxylic acids is 1. The van der Waals surface area contributed by atoms with E-state index in [1.807, 2.05) is 0 Å². The largest absolute Gasteiger partial charge is 0.480 e. The van der Waals surface area contributed by atoms with E-state index < -0.39 is 26.4 Å². The van der Waals surface area contributed by atoms with E-state index in [-0.39, 0.29) is 0 Å². The quantitative estimate of drug-likeness (QED) is 0.357. The Bertz CT molecular complexity index is 214. The molecule has 0 amide bonds. The number of carboxylic acid groups (broad SMARTS) is 1. The lowest BCUT2D eigenvalue weighted by atomic mass is 10.5. The molecule has 0 rings (SSSR count). The van der Waals surface area contributed by atoms with Crippen LogP contribution in [0.1, 0.15) is 26.7 Å². The normalized spacial score (nSPS) is 9.67. The maximum atomic E-state index is 10.1. The van der Waals surface area contributed by atoms with Crippen molar-refractivity contribution in [2.75, 3.05) is 25.9 Å². The topological polar surface area (TPSA) is 159 Å². The summed E-state index contributed by atoms with van der Waals surface area (Å²) in [6.45, 7) is 5.31. The Morgan fingerprint density at radius 2 is 1.50 bits per heavy atom. The molecular weight excluding hydrogens is 261 g/mol. The van der Waals surface area contributed by atoms with Crippen LogP contribution in [0.2, 0.25) is 0 Å². The van der Waals surface area contributed by atoms with Crippen molar-refractivity contribution in [3.05, 3.63) is 0 Å². The third-order valence-corrected chi connectivity index (χ3v) is 1.81. The van der Waals surface area contributed by atoms with Crippen LogP contribution in [0.15, 0.2) is 0 Å². The van der Waals surface area contributed by atoms with Crippen molar-refractivity contribution in [2.24, 2.45) is 11.5 Å². The van der Waals surface area contributed by atoms with E-state index in [1.165, 1.54) is 0 Å². The average Bonchev–Trinajstić information content (AvgIpc) is 2.27. The highest BCUT2D eigenvalue weighted by Crippen LogP contribution is 2.31. The number of rotatable bonds is 6. The molecule has 112 valence electrons. The molecule has 0 aliphatic heterocycles. The Morgan fingerprint density at radius 1 is 1.17 bits per heavy atom. The smallest absolute Gasteiger partial charge is 0.339 e. The number of carbonyl (C=O) groups is 1. The standard InChI is InChI=1S/C3H8NO5P.2C3H9N/c5-3(6)1-4-2-10(7,8)9;2*1-2-3-4/h4H,1-2H2,(H,5,6)(H2,7,8,9);2*2-4H2,1H3. The highest BCUT2D eigenvalue weighted by atomic mass is 31.2. The SMILES string of the molecule is CCCN.CCCN.O=C(O)CNCP(=O)(O)O. The van der Waals surface area contributed by atoms with E-state index >= 15 is 0 Å². The molecule has 0 aliphatic carbocycles. The van der Waals surface area contributed by atoms with Crippen molar-refractivity contribution in [2.45, 2.75) is 26.7 Å². The molecule has 8 N–H and O–H groups in total. The monoisotopic (exact) mass is 287 g/mol. The molecule has 0 saturated heterocycles. The minimum atomic E-state index is -4.10. The molecule has 18 heavy (non-hydrogen) atoms. The zero-order chi connectivity index (χ0) is 15.0. The molecule has 0 bridgehead atoms. The summed E-state index contributed by atoms with van der Waals surface area (Å²) in [5, 5.41) is 10.1. The van der Waals surface area contributed by atoms with Crippen LogP contribution in [-0.4, -0.2) is 46.8 Å². The van der Waals surface area contributed by atoms with Gasteiger partial charge in [0.25, 0.3) is 0 Å². The van der Waals surface area contributed by atoms with Gasteiger partial charge in [-0.2, -0.15) is 0 Å². The fourth-order valence-corrected chi connectivity index (χ4v) is 0.712. The van der Waals surface area contributed by atoms with Gasteiger partial charge in [-0.25, -0.2) is 0 Å².